The fraction of sp³-hybridized carbons (Fsp3) is 0.222. The molecule has 7 heteroatoms. The number of amides is 2. The lowest BCUT2D eigenvalue weighted by Gasteiger charge is -2.15. The molecule has 0 aliphatic carbocycles. The standard InChI is InChI=1S/C18H20FN3O2S/c1-22(10-13-6-2-3-7-14(13)19)11-18(24)21-15-8-4-5-9-16(15)25-12-17(20)23/h2-9H,10-12H2,1H3,(H2,20,23)(H,21,24)/p+1. The highest BCUT2D eigenvalue weighted by molar-refractivity contribution is 8.00. The number of para-hydroxylation sites is 1. The number of halogens is 1. The van der Waals surface area contributed by atoms with E-state index in [1.54, 1.807) is 30.3 Å². The number of rotatable bonds is 8. The van der Waals surface area contributed by atoms with Gasteiger partial charge in [0.05, 0.1) is 18.5 Å². The maximum Gasteiger partial charge on any atom is 0.279 e. The normalized spacial score (nSPS) is 11.8. The van der Waals surface area contributed by atoms with Crippen LogP contribution in [-0.4, -0.2) is 31.2 Å². The van der Waals surface area contributed by atoms with E-state index in [1.165, 1.54) is 17.8 Å². The van der Waals surface area contributed by atoms with Gasteiger partial charge in [0, 0.05) is 10.5 Å². The van der Waals surface area contributed by atoms with Crippen LogP contribution >= 0.6 is 11.8 Å². The van der Waals surface area contributed by atoms with Crippen molar-refractivity contribution in [2.45, 2.75) is 11.4 Å². The first-order valence-electron chi connectivity index (χ1n) is 7.80. The van der Waals surface area contributed by atoms with Crippen molar-refractivity contribution in [2.24, 2.45) is 5.73 Å². The molecule has 0 radical (unpaired) electrons. The minimum atomic E-state index is -0.416. The average molecular weight is 362 g/mol. The smallest absolute Gasteiger partial charge is 0.279 e. The van der Waals surface area contributed by atoms with Crippen LogP contribution in [0.4, 0.5) is 10.1 Å². The van der Waals surface area contributed by atoms with Crippen molar-refractivity contribution in [1.82, 2.24) is 0 Å². The Balaban J connectivity index is 1.93. The predicted molar refractivity (Wildman–Crippen MR) is 96.8 cm³/mol. The molecule has 0 saturated heterocycles. The first-order valence-corrected chi connectivity index (χ1v) is 8.79. The summed E-state index contributed by atoms with van der Waals surface area (Å²) in [6, 6.07) is 13.8. The van der Waals surface area contributed by atoms with E-state index in [9.17, 15) is 14.0 Å². The molecule has 4 N–H and O–H groups in total. The Morgan fingerprint density at radius 3 is 2.56 bits per heavy atom. The summed E-state index contributed by atoms with van der Waals surface area (Å²) >= 11 is 1.27. The van der Waals surface area contributed by atoms with E-state index in [0.29, 0.717) is 17.8 Å². The topological polar surface area (TPSA) is 76.6 Å². The highest BCUT2D eigenvalue weighted by atomic mass is 32.2. The minimum absolute atomic E-state index is 0.144. The van der Waals surface area contributed by atoms with E-state index in [1.807, 2.05) is 19.2 Å². The van der Waals surface area contributed by atoms with Gasteiger partial charge >= 0.3 is 0 Å². The van der Waals surface area contributed by atoms with Gasteiger partial charge in [-0.05, 0) is 18.2 Å². The lowest BCUT2D eigenvalue weighted by Crippen LogP contribution is -3.08. The van der Waals surface area contributed by atoms with Crippen LogP contribution in [0, 0.1) is 5.82 Å². The number of benzene rings is 2. The quantitative estimate of drug-likeness (QED) is 0.615. The molecule has 2 rings (SSSR count). The molecule has 0 bridgehead atoms. The second kappa shape index (κ2) is 9.19. The summed E-state index contributed by atoms with van der Waals surface area (Å²) in [5, 5.41) is 2.84. The number of carbonyl (C=O) groups is 2. The van der Waals surface area contributed by atoms with Crippen LogP contribution in [0.25, 0.3) is 0 Å². The lowest BCUT2D eigenvalue weighted by atomic mass is 10.2. The largest absolute Gasteiger partial charge is 0.369 e. The fourth-order valence-electron chi connectivity index (χ4n) is 2.34. The lowest BCUT2D eigenvalue weighted by molar-refractivity contribution is -0.885. The van der Waals surface area contributed by atoms with Gasteiger partial charge in [0.2, 0.25) is 5.91 Å². The zero-order valence-electron chi connectivity index (χ0n) is 13.9. The summed E-state index contributed by atoms with van der Waals surface area (Å²) in [7, 11) is 1.83. The Bertz CT molecular complexity index is 755. The zero-order chi connectivity index (χ0) is 18.2. The fourth-order valence-corrected chi connectivity index (χ4v) is 3.09. The Kier molecular flexibility index (Phi) is 6.97. The molecule has 25 heavy (non-hydrogen) atoms. The monoisotopic (exact) mass is 362 g/mol. The van der Waals surface area contributed by atoms with Gasteiger partial charge in [-0.2, -0.15) is 0 Å². The van der Waals surface area contributed by atoms with E-state index < -0.39 is 5.91 Å². The van der Waals surface area contributed by atoms with Gasteiger partial charge in [-0.15, -0.1) is 11.8 Å². The number of quaternary nitrogens is 1. The van der Waals surface area contributed by atoms with E-state index in [0.717, 1.165) is 9.80 Å². The van der Waals surface area contributed by atoms with E-state index in [4.69, 9.17) is 5.73 Å². The zero-order valence-corrected chi connectivity index (χ0v) is 14.7. The molecule has 0 heterocycles. The van der Waals surface area contributed by atoms with Crippen LogP contribution in [0.3, 0.4) is 0 Å². The van der Waals surface area contributed by atoms with Crippen LogP contribution in [0.15, 0.2) is 53.4 Å². The summed E-state index contributed by atoms with van der Waals surface area (Å²) in [4.78, 5) is 24.8. The Hall–Kier alpha value is -2.38. The minimum Gasteiger partial charge on any atom is -0.369 e. The third-order valence-electron chi connectivity index (χ3n) is 3.44. The van der Waals surface area contributed by atoms with Crippen LogP contribution < -0.4 is 16.0 Å². The van der Waals surface area contributed by atoms with Gasteiger partial charge in [-0.3, -0.25) is 9.59 Å². The maximum atomic E-state index is 13.7. The van der Waals surface area contributed by atoms with E-state index in [-0.39, 0.29) is 24.0 Å². The number of hydrogen-bond donors (Lipinski definition) is 3. The highest BCUT2D eigenvalue weighted by Crippen LogP contribution is 2.26. The van der Waals surface area contributed by atoms with Crippen molar-refractivity contribution in [3.63, 3.8) is 0 Å². The Morgan fingerprint density at radius 2 is 1.84 bits per heavy atom. The second-order valence-corrected chi connectivity index (χ2v) is 6.72. The molecule has 132 valence electrons. The third-order valence-corrected chi connectivity index (χ3v) is 4.54. The maximum absolute atomic E-state index is 13.7. The first kappa shape index (κ1) is 19.0. The summed E-state index contributed by atoms with van der Waals surface area (Å²) in [5.74, 6) is -0.720. The number of nitrogens with two attached hydrogens (primary N) is 1. The van der Waals surface area contributed by atoms with Gasteiger partial charge in [0.15, 0.2) is 6.54 Å². The number of nitrogens with one attached hydrogen (secondary N) is 2. The number of thioether (sulfide) groups is 1. The highest BCUT2D eigenvalue weighted by Gasteiger charge is 2.14. The van der Waals surface area contributed by atoms with E-state index >= 15 is 0 Å². The van der Waals surface area contributed by atoms with Crippen molar-refractivity contribution in [1.29, 1.82) is 0 Å². The Labute approximate surface area is 150 Å². The molecule has 0 saturated carbocycles. The molecular weight excluding hydrogens is 341 g/mol. The molecule has 0 aliphatic heterocycles. The molecule has 0 aliphatic rings. The average Bonchev–Trinajstić information content (AvgIpc) is 2.56. The van der Waals surface area contributed by atoms with E-state index in [2.05, 4.69) is 5.32 Å². The molecule has 1 unspecified atom stereocenters. The number of primary amides is 1. The number of carbonyl (C=O) groups excluding carboxylic acids is 2. The molecule has 2 aromatic rings. The third kappa shape index (κ3) is 6.21. The summed E-state index contributed by atoms with van der Waals surface area (Å²) < 4.78 is 13.7. The summed E-state index contributed by atoms with van der Waals surface area (Å²) in [6.45, 7) is 0.612. The number of anilines is 1. The second-order valence-electron chi connectivity index (χ2n) is 5.70. The molecule has 2 amide bonds. The molecule has 2 aromatic carbocycles. The molecule has 1 atom stereocenters. The van der Waals surface area contributed by atoms with Crippen molar-refractivity contribution in [3.05, 3.63) is 59.9 Å². The van der Waals surface area contributed by atoms with Crippen molar-refractivity contribution >= 4 is 29.3 Å². The van der Waals surface area contributed by atoms with Crippen molar-refractivity contribution in [3.8, 4) is 0 Å². The summed E-state index contributed by atoms with van der Waals surface area (Å²) in [6.07, 6.45) is 0. The number of hydrogen-bond acceptors (Lipinski definition) is 3. The van der Waals surface area contributed by atoms with Gasteiger partial charge in [0.1, 0.15) is 12.4 Å². The number of likely N-dealkylation sites (N-methyl/N-ethyl adjacent to an activating group) is 1. The van der Waals surface area contributed by atoms with Crippen LogP contribution in [-0.2, 0) is 16.1 Å². The Morgan fingerprint density at radius 1 is 1.16 bits per heavy atom. The molecule has 0 spiro atoms. The first-order chi connectivity index (χ1) is 12.0. The van der Waals surface area contributed by atoms with Crippen molar-refractivity contribution in [2.75, 3.05) is 24.7 Å². The summed E-state index contributed by atoms with van der Waals surface area (Å²) in [5.41, 5.74) is 6.37. The van der Waals surface area contributed by atoms with Gasteiger partial charge in [-0.25, -0.2) is 4.39 Å². The van der Waals surface area contributed by atoms with Gasteiger partial charge in [0.25, 0.3) is 5.91 Å². The van der Waals surface area contributed by atoms with Crippen LogP contribution in [0.5, 0.6) is 0 Å². The molecule has 0 fully saturated rings. The molecular formula is C18H21FN3O2S+. The van der Waals surface area contributed by atoms with Crippen LogP contribution in [0.1, 0.15) is 5.56 Å². The molecule has 0 aromatic heterocycles. The molecule has 5 nitrogen and oxygen atoms in total. The van der Waals surface area contributed by atoms with Crippen molar-refractivity contribution < 1.29 is 18.9 Å². The SMILES string of the molecule is C[NH+](CC(=O)Nc1ccccc1SCC(N)=O)Cc1ccccc1F. The van der Waals surface area contributed by atoms with Gasteiger partial charge in [-0.1, -0.05) is 30.3 Å². The van der Waals surface area contributed by atoms with Gasteiger partial charge < -0.3 is 16.0 Å². The van der Waals surface area contributed by atoms with Crippen LogP contribution in [0.2, 0.25) is 0 Å². The predicted octanol–water partition coefficient (Wildman–Crippen LogP) is 1.06.